The predicted molar refractivity (Wildman–Crippen MR) is 97.6 cm³/mol. The van der Waals surface area contributed by atoms with Crippen LogP contribution in [0.4, 0.5) is 8.78 Å². The Morgan fingerprint density at radius 1 is 1.30 bits per heavy atom. The van der Waals surface area contributed by atoms with E-state index in [-0.39, 0.29) is 34.9 Å². The lowest BCUT2D eigenvalue weighted by Gasteiger charge is -2.22. The number of halogens is 3. The zero-order valence-electron chi connectivity index (χ0n) is 14.0. The van der Waals surface area contributed by atoms with Gasteiger partial charge in [0.25, 0.3) is 10.0 Å². The third-order valence-corrected chi connectivity index (χ3v) is 8.08. The molecule has 5 nitrogen and oxygen atoms in total. The lowest BCUT2D eigenvalue weighted by Crippen LogP contribution is -2.40. The number of nitrogens with zero attached hydrogens (tertiary/aromatic N) is 1. The van der Waals surface area contributed by atoms with Gasteiger partial charge in [-0.05, 0) is 43.0 Å². The second-order valence-electron chi connectivity index (χ2n) is 6.17. The molecule has 2 aromatic rings. The molecule has 1 aromatic heterocycles. The Kier molecular flexibility index (Phi) is 5.85. The average Bonchev–Trinajstić information content (AvgIpc) is 3.28. The highest BCUT2D eigenvalue weighted by Crippen LogP contribution is 2.33. The van der Waals surface area contributed by atoms with Crippen LogP contribution in [-0.2, 0) is 21.2 Å². The smallest absolute Gasteiger partial charge is 0.253 e. The number of Topliss-reactive ketones (excluding diaryl/α,β-unsaturated/α-hetero) is 1. The molecule has 0 amide bonds. The van der Waals surface area contributed by atoms with Gasteiger partial charge in [0.1, 0.15) is 4.21 Å². The van der Waals surface area contributed by atoms with Crippen LogP contribution in [0.3, 0.4) is 0 Å². The zero-order valence-corrected chi connectivity index (χ0v) is 16.4. The Bertz CT molecular complexity index is 977. The number of carbonyl (C=O) groups excluding carboxylic acids is 1. The fourth-order valence-electron chi connectivity index (χ4n) is 3.10. The van der Waals surface area contributed by atoms with Crippen LogP contribution in [0, 0.1) is 11.6 Å². The number of sulfonamides is 1. The maximum absolute atomic E-state index is 13.9. The minimum atomic E-state index is -3.83. The van der Waals surface area contributed by atoms with Gasteiger partial charge in [-0.15, -0.1) is 11.3 Å². The molecule has 0 unspecified atom stereocenters. The van der Waals surface area contributed by atoms with Gasteiger partial charge in [-0.2, -0.15) is 4.31 Å². The van der Waals surface area contributed by atoms with Gasteiger partial charge in [0.05, 0.1) is 10.4 Å². The number of ketones is 1. The van der Waals surface area contributed by atoms with Crippen LogP contribution in [0.15, 0.2) is 28.5 Å². The summed E-state index contributed by atoms with van der Waals surface area (Å²) in [6, 6.07) is 4.14. The second kappa shape index (κ2) is 7.83. The summed E-state index contributed by atoms with van der Waals surface area (Å²) < 4.78 is 54.1. The van der Waals surface area contributed by atoms with Gasteiger partial charge in [0.2, 0.25) is 0 Å². The van der Waals surface area contributed by atoms with Gasteiger partial charge in [0, 0.05) is 13.0 Å². The molecule has 1 saturated heterocycles. The molecule has 146 valence electrons. The Balaban J connectivity index is 1.74. The van der Waals surface area contributed by atoms with Gasteiger partial charge in [-0.3, -0.25) is 4.79 Å². The van der Waals surface area contributed by atoms with E-state index < -0.39 is 33.4 Å². The van der Waals surface area contributed by atoms with Crippen LogP contribution in [0.5, 0.6) is 5.75 Å². The van der Waals surface area contributed by atoms with Crippen molar-refractivity contribution in [3.05, 3.63) is 45.8 Å². The van der Waals surface area contributed by atoms with E-state index in [1.165, 1.54) is 12.1 Å². The highest BCUT2D eigenvalue weighted by atomic mass is 35.5. The van der Waals surface area contributed by atoms with E-state index in [1.54, 1.807) is 0 Å². The molecule has 1 fully saturated rings. The molecule has 0 radical (unpaired) electrons. The third kappa shape index (κ3) is 4.01. The maximum atomic E-state index is 13.9. The molecule has 27 heavy (non-hydrogen) atoms. The Morgan fingerprint density at radius 2 is 2.04 bits per heavy atom. The number of rotatable bonds is 6. The molecule has 3 rings (SSSR count). The van der Waals surface area contributed by atoms with Crippen molar-refractivity contribution in [2.75, 3.05) is 6.54 Å². The van der Waals surface area contributed by atoms with E-state index in [0.29, 0.717) is 17.2 Å². The molecule has 1 N–H and O–H groups in total. The summed E-state index contributed by atoms with van der Waals surface area (Å²) in [5.74, 6) is -3.61. The van der Waals surface area contributed by atoms with Gasteiger partial charge in [-0.1, -0.05) is 17.7 Å². The van der Waals surface area contributed by atoms with Crippen LogP contribution >= 0.6 is 22.9 Å². The topological polar surface area (TPSA) is 74.7 Å². The number of carbonyl (C=O) groups is 1. The lowest BCUT2D eigenvalue weighted by atomic mass is 10.0. The largest absolute Gasteiger partial charge is 0.503 e. The first-order valence-corrected chi connectivity index (χ1v) is 10.8. The molecule has 1 atom stereocenters. The number of phenolic OH excluding ortho intramolecular Hbond substituents is 1. The number of phenols is 1. The van der Waals surface area contributed by atoms with Crippen molar-refractivity contribution in [2.45, 2.75) is 35.9 Å². The third-order valence-electron chi connectivity index (χ3n) is 4.47. The molecule has 10 heteroatoms. The van der Waals surface area contributed by atoms with Crippen molar-refractivity contribution in [3.8, 4) is 5.75 Å². The van der Waals surface area contributed by atoms with Crippen LogP contribution in [0.2, 0.25) is 4.34 Å². The standard InChI is InChI=1S/C17H16ClF2NO4S2/c18-14-7-8-15(26-14)27(24,25)21-9-1-2-12(21)13(22)6-4-10-3-5-11(19)17(23)16(10)20/h3,5,7-8,12,23H,1-2,4,6,9H2/t12-/m0/s1. The molecule has 2 heterocycles. The minimum absolute atomic E-state index is 0.000285. The summed E-state index contributed by atoms with van der Waals surface area (Å²) >= 11 is 6.74. The number of hydrogen-bond donors (Lipinski definition) is 1. The van der Waals surface area contributed by atoms with Crippen LogP contribution in [0.1, 0.15) is 24.8 Å². The molecular formula is C17H16ClF2NO4S2. The van der Waals surface area contributed by atoms with Crippen molar-refractivity contribution in [1.29, 1.82) is 0 Å². The first kappa shape index (κ1) is 20.2. The zero-order chi connectivity index (χ0) is 19.8. The summed E-state index contributed by atoms with van der Waals surface area (Å²) in [7, 11) is -3.83. The Labute approximate surface area is 164 Å². The molecule has 0 spiro atoms. The summed E-state index contributed by atoms with van der Waals surface area (Å²) in [6.45, 7) is 0.222. The molecule has 1 aliphatic rings. The van der Waals surface area contributed by atoms with Crippen molar-refractivity contribution < 1.29 is 27.1 Å². The fourth-order valence-corrected chi connectivity index (χ4v) is 6.39. The lowest BCUT2D eigenvalue weighted by molar-refractivity contribution is -0.122. The number of hydrogen-bond acceptors (Lipinski definition) is 5. The Morgan fingerprint density at radius 3 is 2.70 bits per heavy atom. The molecule has 1 aliphatic heterocycles. The SMILES string of the molecule is O=C(CCc1ccc(F)c(O)c1F)[C@@H]1CCCN1S(=O)(=O)c1ccc(Cl)s1. The highest BCUT2D eigenvalue weighted by molar-refractivity contribution is 7.91. The van der Waals surface area contributed by atoms with Gasteiger partial charge in [-0.25, -0.2) is 17.2 Å². The first-order valence-electron chi connectivity index (χ1n) is 8.17. The summed E-state index contributed by atoms with van der Waals surface area (Å²) in [6.07, 6.45) is 0.742. The molecule has 0 aliphatic carbocycles. The van der Waals surface area contributed by atoms with Crippen molar-refractivity contribution >= 4 is 38.7 Å². The number of aromatic hydroxyl groups is 1. The molecular weight excluding hydrogens is 420 g/mol. The number of aryl methyl sites for hydroxylation is 1. The molecule has 0 bridgehead atoms. The molecule has 1 aromatic carbocycles. The normalized spacial score (nSPS) is 18.1. The number of benzene rings is 1. The highest BCUT2D eigenvalue weighted by Gasteiger charge is 2.39. The van der Waals surface area contributed by atoms with Crippen LogP contribution < -0.4 is 0 Å². The van der Waals surface area contributed by atoms with E-state index in [0.717, 1.165) is 27.8 Å². The van der Waals surface area contributed by atoms with E-state index in [2.05, 4.69) is 0 Å². The van der Waals surface area contributed by atoms with E-state index in [1.807, 2.05) is 0 Å². The van der Waals surface area contributed by atoms with Gasteiger partial charge in [0.15, 0.2) is 23.2 Å². The fraction of sp³-hybridized carbons (Fsp3) is 0.353. The van der Waals surface area contributed by atoms with Crippen molar-refractivity contribution in [1.82, 2.24) is 4.31 Å². The van der Waals surface area contributed by atoms with Crippen molar-refractivity contribution in [3.63, 3.8) is 0 Å². The molecule has 0 saturated carbocycles. The quantitative estimate of drug-likeness (QED) is 0.750. The van der Waals surface area contributed by atoms with E-state index >= 15 is 0 Å². The maximum Gasteiger partial charge on any atom is 0.253 e. The summed E-state index contributed by atoms with van der Waals surface area (Å²) in [5.41, 5.74) is -0.000285. The van der Waals surface area contributed by atoms with Crippen LogP contribution in [0.25, 0.3) is 0 Å². The second-order valence-corrected chi connectivity index (χ2v) is 10.0. The Hall–Kier alpha value is -1.55. The van der Waals surface area contributed by atoms with Gasteiger partial charge >= 0.3 is 0 Å². The predicted octanol–water partition coefficient (Wildman–Crippen LogP) is 3.74. The number of thiophene rings is 1. The minimum Gasteiger partial charge on any atom is -0.503 e. The monoisotopic (exact) mass is 435 g/mol. The average molecular weight is 436 g/mol. The summed E-state index contributed by atoms with van der Waals surface area (Å²) in [4.78, 5) is 12.6. The van der Waals surface area contributed by atoms with E-state index in [4.69, 9.17) is 11.6 Å². The van der Waals surface area contributed by atoms with E-state index in [9.17, 15) is 27.1 Å². The van der Waals surface area contributed by atoms with Gasteiger partial charge < -0.3 is 5.11 Å². The van der Waals surface area contributed by atoms with Crippen LogP contribution in [-0.4, -0.2) is 36.2 Å². The van der Waals surface area contributed by atoms with Crippen molar-refractivity contribution in [2.24, 2.45) is 0 Å². The summed E-state index contributed by atoms with van der Waals surface area (Å²) in [5, 5.41) is 9.31. The first-order chi connectivity index (χ1) is 12.7.